The molecule has 3 rings (SSSR count). The van der Waals surface area contributed by atoms with Crippen molar-refractivity contribution >= 4 is 45.0 Å². The van der Waals surface area contributed by atoms with E-state index in [4.69, 9.17) is 44.0 Å². The molecule has 28 heavy (non-hydrogen) atoms. The molecule has 0 amide bonds. The van der Waals surface area contributed by atoms with Gasteiger partial charge in [0.05, 0.1) is 41.0 Å². The van der Waals surface area contributed by atoms with E-state index >= 15 is 0 Å². The van der Waals surface area contributed by atoms with Gasteiger partial charge < -0.3 is 9.64 Å². The molecule has 0 unspecified atom stereocenters. The Balaban J connectivity index is 2.06. The molecule has 0 aliphatic carbocycles. The second-order valence-electron chi connectivity index (χ2n) is 7.35. The number of hydrogen-bond donors (Lipinski definition) is 0. The molecule has 5 nitrogen and oxygen atoms in total. The van der Waals surface area contributed by atoms with Crippen LogP contribution in [0.2, 0.25) is 0 Å². The Morgan fingerprint density at radius 2 is 1.82 bits per heavy atom. The summed E-state index contributed by atoms with van der Waals surface area (Å²) in [4.78, 5) is 17.6. The van der Waals surface area contributed by atoms with Crippen LogP contribution in [0.4, 0.5) is 14.6 Å². The third kappa shape index (κ3) is 3.49. The van der Waals surface area contributed by atoms with Crippen molar-refractivity contribution in [1.82, 2.24) is 9.55 Å². The standard InChI is InChI=1S/C16H12B5F2N3O2/c1-14(2)7-25-11(26(14)16(19,20)21)6-10(24-13(25)27)28-15(17,18)8-4-3-5-9(22)12(8)23/h3-6H,7H2,1-2H3. The molecule has 0 spiro atoms. The highest BCUT2D eigenvalue weighted by Crippen LogP contribution is 2.37. The van der Waals surface area contributed by atoms with Gasteiger partial charge in [-0.25, -0.2) is 13.6 Å². The quantitative estimate of drug-likeness (QED) is 0.698. The highest BCUT2D eigenvalue weighted by Gasteiger charge is 2.42. The molecule has 2 heterocycles. The first-order valence-corrected chi connectivity index (χ1v) is 8.24. The number of ether oxygens (including phenoxy) is 1. The molecule has 0 bridgehead atoms. The zero-order valence-electron chi connectivity index (χ0n) is 15.3. The normalized spacial score (nSPS) is 16.1. The maximum atomic E-state index is 14.1. The van der Waals surface area contributed by atoms with Gasteiger partial charge in [-0.05, 0) is 19.9 Å². The summed E-state index contributed by atoms with van der Waals surface area (Å²) in [7, 11) is 29.2. The molecule has 1 aliphatic rings. The summed E-state index contributed by atoms with van der Waals surface area (Å²) >= 11 is 0. The van der Waals surface area contributed by atoms with E-state index in [-0.39, 0.29) is 18.2 Å². The lowest BCUT2D eigenvalue weighted by Gasteiger charge is -2.45. The lowest BCUT2D eigenvalue weighted by atomic mass is 9.47. The summed E-state index contributed by atoms with van der Waals surface area (Å²) in [6, 6.07) is 4.56. The number of aromatic nitrogens is 2. The van der Waals surface area contributed by atoms with Gasteiger partial charge in [-0.1, -0.05) is 17.4 Å². The molecule has 1 aromatic heterocycles. The topological polar surface area (TPSA) is 47.4 Å². The van der Waals surface area contributed by atoms with E-state index in [9.17, 15) is 13.6 Å². The summed E-state index contributed by atoms with van der Waals surface area (Å²) in [6.07, 6.45) is 0. The summed E-state index contributed by atoms with van der Waals surface area (Å²) in [5.41, 5.74) is -1.89. The van der Waals surface area contributed by atoms with E-state index in [1.807, 2.05) is 0 Å². The Kier molecular flexibility index (Phi) is 4.75. The van der Waals surface area contributed by atoms with Crippen molar-refractivity contribution in [1.29, 1.82) is 0 Å². The van der Waals surface area contributed by atoms with Crippen LogP contribution in [0.1, 0.15) is 19.4 Å². The average Bonchev–Trinajstić information content (AvgIpc) is 2.80. The predicted molar refractivity (Wildman–Crippen MR) is 105 cm³/mol. The number of hydrogen-bond acceptors (Lipinski definition) is 4. The van der Waals surface area contributed by atoms with Crippen molar-refractivity contribution < 1.29 is 13.5 Å². The van der Waals surface area contributed by atoms with E-state index in [0.717, 1.165) is 12.1 Å². The van der Waals surface area contributed by atoms with Gasteiger partial charge in [-0.3, -0.25) is 4.57 Å². The maximum absolute atomic E-state index is 14.1. The number of nitrogens with zero attached hydrogens (tertiary/aromatic N) is 3. The second kappa shape index (κ2) is 6.46. The Morgan fingerprint density at radius 3 is 2.43 bits per heavy atom. The van der Waals surface area contributed by atoms with E-state index in [1.165, 1.54) is 21.6 Å². The van der Waals surface area contributed by atoms with Gasteiger partial charge in [0.25, 0.3) is 0 Å². The number of halogens is 2. The average molecular weight is 370 g/mol. The van der Waals surface area contributed by atoms with Crippen LogP contribution in [-0.4, -0.2) is 59.6 Å². The van der Waals surface area contributed by atoms with Crippen LogP contribution in [-0.2, 0) is 11.9 Å². The van der Waals surface area contributed by atoms with Crippen LogP contribution in [0.25, 0.3) is 0 Å². The van der Waals surface area contributed by atoms with Gasteiger partial charge >= 0.3 is 5.69 Å². The lowest BCUT2D eigenvalue weighted by molar-refractivity contribution is 0.225. The molecule has 12 heteroatoms. The van der Waals surface area contributed by atoms with Crippen molar-refractivity contribution in [2.75, 3.05) is 4.90 Å². The number of benzene rings is 1. The maximum Gasteiger partial charge on any atom is 0.352 e. The monoisotopic (exact) mass is 371 g/mol. The Morgan fingerprint density at radius 1 is 1.18 bits per heavy atom. The van der Waals surface area contributed by atoms with Gasteiger partial charge in [0.15, 0.2) is 11.6 Å². The third-order valence-electron chi connectivity index (χ3n) is 4.38. The van der Waals surface area contributed by atoms with E-state index in [2.05, 4.69) is 4.98 Å². The van der Waals surface area contributed by atoms with Gasteiger partial charge in [0.2, 0.25) is 5.88 Å². The molecule has 0 atom stereocenters. The Hall–Kier alpha value is -2.12. The second-order valence-corrected chi connectivity index (χ2v) is 7.35. The Bertz CT molecular complexity index is 991. The van der Waals surface area contributed by atoms with Crippen molar-refractivity contribution in [2.24, 2.45) is 0 Å². The van der Waals surface area contributed by atoms with Crippen LogP contribution in [0.15, 0.2) is 29.1 Å². The molecule has 2 aromatic rings. The molecular formula is C16H12B5F2N3O2. The zero-order chi connectivity index (χ0) is 21.1. The summed E-state index contributed by atoms with van der Waals surface area (Å²) in [6.45, 7) is 3.76. The molecule has 10 radical (unpaired) electrons. The lowest BCUT2D eigenvalue weighted by Crippen LogP contribution is -2.58. The van der Waals surface area contributed by atoms with E-state index in [0.29, 0.717) is 0 Å². The van der Waals surface area contributed by atoms with Gasteiger partial charge in [0.1, 0.15) is 21.5 Å². The first-order valence-electron chi connectivity index (χ1n) is 8.24. The summed E-state index contributed by atoms with van der Waals surface area (Å²) in [5.74, 6) is -2.56. The van der Waals surface area contributed by atoms with Gasteiger partial charge in [-0.2, -0.15) is 4.98 Å². The first kappa shape index (κ1) is 20.6. The minimum absolute atomic E-state index is 0.205. The van der Waals surface area contributed by atoms with Crippen LogP contribution in [0.3, 0.4) is 0 Å². The fourth-order valence-corrected chi connectivity index (χ4v) is 3.38. The largest absolute Gasteiger partial charge is 0.487 e. The molecule has 0 fully saturated rings. The minimum Gasteiger partial charge on any atom is -0.487 e. The van der Waals surface area contributed by atoms with E-state index < -0.39 is 39.1 Å². The molecule has 0 N–H and O–H groups in total. The fourth-order valence-electron chi connectivity index (χ4n) is 3.38. The summed E-state index contributed by atoms with van der Waals surface area (Å²) in [5, 5.41) is -4.11. The van der Waals surface area contributed by atoms with Crippen molar-refractivity contribution in [3.05, 3.63) is 51.9 Å². The highest BCUT2D eigenvalue weighted by atomic mass is 19.2. The molecule has 0 saturated carbocycles. The Labute approximate surface area is 167 Å². The van der Waals surface area contributed by atoms with Crippen molar-refractivity contribution in [2.45, 2.75) is 36.6 Å². The van der Waals surface area contributed by atoms with Gasteiger partial charge in [0, 0.05) is 11.6 Å². The fraction of sp³-hybridized carbons (Fsp3) is 0.375. The molecule has 132 valence electrons. The molecule has 0 saturated heterocycles. The van der Waals surface area contributed by atoms with Gasteiger partial charge in [-0.15, -0.1) is 0 Å². The first-order chi connectivity index (χ1) is 12.7. The van der Waals surface area contributed by atoms with E-state index in [1.54, 1.807) is 13.8 Å². The van der Waals surface area contributed by atoms with Crippen LogP contribution in [0.5, 0.6) is 5.88 Å². The highest BCUT2D eigenvalue weighted by molar-refractivity contribution is 6.61. The number of rotatable bonds is 4. The van der Waals surface area contributed by atoms with Crippen LogP contribution < -0.4 is 15.3 Å². The SMILES string of the molecule is [B]C([B])(Oc1cc2n(c(=O)n1)CC(C)(C)N2C([B])([B])[B])c1cccc(F)c1F. The number of anilines is 1. The zero-order valence-corrected chi connectivity index (χ0v) is 15.3. The van der Waals surface area contributed by atoms with Crippen molar-refractivity contribution in [3.63, 3.8) is 0 Å². The number of fused-ring (bicyclic) bond motifs is 1. The van der Waals surface area contributed by atoms with Crippen molar-refractivity contribution in [3.8, 4) is 5.88 Å². The van der Waals surface area contributed by atoms with Crippen LogP contribution >= 0.6 is 0 Å². The molecular weight excluding hydrogens is 358 g/mol. The smallest absolute Gasteiger partial charge is 0.352 e. The predicted octanol–water partition coefficient (Wildman–Crippen LogP) is -0.237. The summed E-state index contributed by atoms with van der Waals surface area (Å²) < 4.78 is 34.2. The van der Waals surface area contributed by atoms with Crippen LogP contribution in [0, 0.1) is 11.6 Å². The molecule has 1 aromatic carbocycles. The third-order valence-corrected chi connectivity index (χ3v) is 4.38. The molecule has 1 aliphatic heterocycles. The minimum atomic E-state index is -2.31.